The van der Waals surface area contributed by atoms with Crippen molar-refractivity contribution in [3.63, 3.8) is 0 Å². The number of pyridine rings is 1. The van der Waals surface area contributed by atoms with Crippen molar-refractivity contribution in [2.24, 2.45) is 0 Å². The summed E-state index contributed by atoms with van der Waals surface area (Å²) in [6.07, 6.45) is 4.51. The lowest BCUT2D eigenvalue weighted by Crippen LogP contribution is -2.49. The Bertz CT molecular complexity index is 522. The Morgan fingerprint density at radius 1 is 1.29 bits per heavy atom. The second-order valence-electron chi connectivity index (χ2n) is 5.98. The van der Waals surface area contributed by atoms with Gasteiger partial charge < -0.3 is 4.90 Å². The third-order valence-corrected chi connectivity index (χ3v) is 4.46. The minimum Gasteiger partial charge on any atom is -0.336 e. The molecule has 1 aliphatic carbocycles. The van der Waals surface area contributed by atoms with Crippen LogP contribution in [0.3, 0.4) is 0 Å². The first-order chi connectivity index (χ1) is 10.2. The largest absolute Gasteiger partial charge is 0.336 e. The van der Waals surface area contributed by atoms with Gasteiger partial charge >= 0.3 is 0 Å². The molecule has 0 bridgehead atoms. The van der Waals surface area contributed by atoms with Gasteiger partial charge in [0.15, 0.2) is 0 Å². The van der Waals surface area contributed by atoms with Crippen LogP contribution in [0.25, 0.3) is 0 Å². The van der Waals surface area contributed by atoms with Crippen molar-refractivity contribution >= 4 is 17.5 Å². The van der Waals surface area contributed by atoms with Gasteiger partial charge in [-0.05, 0) is 31.4 Å². The van der Waals surface area contributed by atoms with Gasteiger partial charge in [-0.3, -0.25) is 9.69 Å². The molecular formula is C16H22ClN3O. The number of amides is 1. The van der Waals surface area contributed by atoms with E-state index in [0.29, 0.717) is 10.7 Å². The molecule has 1 saturated heterocycles. The molecule has 1 aromatic heterocycles. The number of halogens is 1. The number of nitrogens with zero attached hydrogens (tertiary/aromatic N) is 3. The highest BCUT2D eigenvalue weighted by molar-refractivity contribution is 6.29. The van der Waals surface area contributed by atoms with Crippen molar-refractivity contribution in [1.82, 2.24) is 14.8 Å². The summed E-state index contributed by atoms with van der Waals surface area (Å²) >= 11 is 6.05. The predicted molar refractivity (Wildman–Crippen MR) is 83.7 cm³/mol. The van der Waals surface area contributed by atoms with Crippen LogP contribution in [0.1, 0.15) is 42.2 Å². The molecule has 3 rings (SSSR count). The molecule has 1 aromatic rings. The maximum atomic E-state index is 12.6. The summed E-state index contributed by atoms with van der Waals surface area (Å²) in [7, 11) is 0. The Morgan fingerprint density at radius 3 is 2.62 bits per heavy atom. The van der Waals surface area contributed by atoms with Crippen LogP contribution < -0.4 is 0 Å². The second-order valence-corrected chi connectivity index (χ2v) is 6.37. The van der Waals surface area contributed by atoms with Crippen LogP contribution >= 0.6 is 11.6 Å². The van der Waals surface area contributed by atoms with E-state index in [2.05, 4.69) is 16.8 Å². The number of carbonyl (C=O) groups is 1. The predicted octanol–water partition coefficient (Wildman–Crippen LogP) is 2.61. The van der Waals surface area contributed by atoms with E-state index in [4.69, 9.17) is 11.6 Å². The zero-order valence-corrected chi connectivity index (χ0v) is 13.3. The lowest BCUT2D eigenvalue weighted by molar-refractivity contribution is 0.0627. The van der Waals surface area contributed by atoms with Crippen LogP contribution in [0.4, 0.5) is 0 Å². The zero-order valence-electron chi connectivity index (χ0n) is 12.5. The number of hydrogen-bond donors (Lipinski definition) is 0. The van der Waals surface area contributed by atoms with Gasteiger partial charge in [-0.15, -0.1) is 0 Å². The SMILES string of the molecule is CCCc1cc(C(=O)N2CCN(C3CC3)CC2)cc(Cl)n1. The highest BCUT2D eigenvalue weighted by Crippen LogP contribution is 2.27. The molecule has 0 spiro atoms. The average Bonchev–Trinajstić information content (AvgIpc) is 3.31. The lowest BCUT2D eigenvalue weighted by atomic mass is 10.1. The minimum atomic E-state index is 0.0899. The molecule has 5 heteroatoms. The average molecular weight is 308 g/mol. The van der Waals surface area contributed by atoms with Gasteiger partial charge in [-0.2, -0.15) is 0 Å². The molecule has 0 radical (unpaired) electrons. The molecule has 21 heavy (non-hydrogen) atoms. The molecule has 114 valence electrons. The molecule has 1 saturated carbocycles. The maximum Gasteiger partial charge on any atom is 0.254 e. The van der Waals surface area contributed by atoms with E-state index in [0.717, 1.165) is 50.8 Å². The van der Waals surface area contributed by atoms with E-state index >= 15 is 0 Å². The Labute approximate surface area is 131 Å². The van der Waals surface area contributed by atoms with Gasteiger partial charge in [0, 0.05) is 43.5 Å². The fourth-order valence-electron chi connectivity index (χ4n) is 2.97. The number of piperazine rings is 1. The fraction of sp³-hybridized carbons (Fsp3) is 0.625. The van der Waals surface area contributed by atoms with Crippen LogP contribution in [-0.4, -0.2) is 52.9 Å². The summed E-state index contributed by atoms with van der Waals surface area (Å²) in [4.78, 5) is 21.4. The van der Waals surface area contributed by atoms with E-state index in [-0.39, 0.29) is 5.91 Å². The van der Waals surface area contributed by atoms with Crippen molar-refractivity contribution in [3.8, 4) is 0 Å². The Hall–Kier alpha value is -1.13. The molecule has 2 aliphatic rings. The molecule has 0 N–H and O–H groups in total. The van der Waals surface area contributed by atoms with E-state index in [9.17, 15) is 4.79 Å². The molecule has 0 unspecified atom stereocenters. The van der Waals surface area contributed by atoms with Crippen molar-refractivity contribution in [1.29, 1.82) is 0 Å². The number of carbonyl (C=O) groups excluding carboxylic acids is 1. The summed E-state index contributed by atoms with van der Waals surface area (Å²) in [5.74, 6) is 0.0899. The van der Waals surface area contributed by atoms with Gasteiger partial charge in [-0.1, -0.05) is 24.9 Å². The second kappa shape index (κ2) is 6.32. The first-order valence-electron chi connectivity index (χ1n) is 7.87. The number of rotatable bonds is 4. The monoisotopic (exact) mass is 307 g/mol. The zero-order chi connectivity index (χ0) is 14.8. The van der Waals surface area contributed by atoms with Crippen molar-refractivity contribution in [2.45, 2.75) is 38.6 Å². The third-order valence-electron chi connectivity index (χ3n) is 4.26. The van der Waals surface area contributed by atoms with E-state index in [1.165, 1.54) is 12.8 Å². The normalized spacial score (nSPS) is 19.8. The van der Waals surface area contributed by atoms with Gasteiger partial charge in [-0.25, -0.2) is 4.98 Å². The number of hydrogen-bond acceptors (Lipinski definition) is 3. The molecular weight excluding hydrogens is 286 g/mol. The topological polar surface area (TPSA) is 36.4 Å². The Balaban J connectivity index is 1.67. The van der Waals surface area contributed by atoms with E-state index < -0.39 is 0 Å². The molecule has 4 nitrogen and oxygen atoms in total. The molecule has 1 amide bonds. The summed E-state index contributed by atoms with van der Waals surface area (Å²) < 4.78 is 0. The van der Waals surface area contributed by atoms with Gasteiger partial charge in [0.25, 0.3) is 5.91 Å². The van der Waals surface area contributed by atoms with Crippen LogP contribution in [0.2, 0.25) is 5.15 Å². The Kier molecular flexibility index (Phi) is 4.45. The summed E-state index contributed by atoms with van der Waals surface area (Å²) in [5.41, 5.74) is 1.59. The molecule has 1 aliphatic heterocycles. The number of aromatic nitrogens is 1. The molecule has 0 atom stereocenters. The lowest BCUT2D eigenvalue weighted by Gasteiger charge is -2.34. The van der Waals surface area contributed by atoms with Crippen LogP contribution in [-0.2, 0) is 6.42 Å². The molecule has 2 heterocycles. The third kappa shape index (κ3) is 3.55. The Morgan fingerprint density at radius 2 is 2.00 bits per heavy atom. The fourth-order valence-corrected chi connectivity index (χ4v) is 3.20. The standard InChI is InChI=1S/C16H22ClN3O/c1-2-3-13-10-12(11-15(17)18-13)16(21)20-8-6-19(7-9-20)14-4-5-14/h10-11,14H,2-9H2,1H3. The molecule has 2 fully saturated rings. The first-order valence-corrected chi connectivity index (χ1v) is 8.25. The van der Waals surface area contributed by atoms with Crippen LogP contribution in [0.5, 0.6) is 0 Å². The van der Waals surface area contributed by atoms with Gasteiger partial charge in [0.1, 0.15) is 5.15 Å². The summed E-state index contributed by atoms with van der Waals surface area (Å²) in [6.45, 7) is 5.73. The smallest absolute Gasteiger partial charge is 0.254 e. The van der Waals surface area contributed by atoms with Crippen molar-refractivity contribution in [3.05, 3.63) is 28.5 Å². The van der Waals surface area contributed by atoms with Crippen molar-refractivity contribution < 1.29 is 4.79 Å². The van der Waals surface area contributed by atoms with Crippen LogP contribution in [0, 0.1) is 0 Å². The van der Waals surface area contributed by atoms with E-state index in [1.54, 1.807) is 6.07 Å². The molecule has 0 aromatic carbocycles. The summed E-state index contributed by atoms with van der Waals surface area (Å²) in [6, 6.07) is 4.37. The van der Waals surface area contributed by atoms with Crippen LogP contribution in [0.15, 0.2) is 12.1 Å². The summed E-state index contributed by atoms with van der Waals surface area (Å²) in [5, 5.41) is 0.418. The highest BCUT2D eigenvalue weighted by Gasteiger charge is 2.32. The number of aryl methyl sites for hydroxylation is 1. The quantitative estimate of drug-likeness (QED) is 0.802. The first kappa shape index (κ1) is 14.8. The highest BCUT2D eigenvalue weighted by atomic mass is 35.5. The van der Waals surface area contributed by atoms with Gasteiger partial charge in [0.05, 0.1) is 0 Å². The minimum absolute atomic E-state index is 0.0899. The van der Waals surface area contributed by atoms with E-state index in [1.807, 2.05) is 11.0 Å². The van der Waals surface area contributed by atoms with Gasteiger partial charge in [0.2, 0.25) is 0 Å². The van der Waals surface area contributed by atoms with Crippen molar-refractivity contribution in [2.75, 3.05) is 26.2 Å². The maximum absolute atomic E-state index is 12.6.